The van der Waals surface area contributed by atoms with Crippen LogP contribution < -0.4 is 5.32 Å². The van der Waals surface area contributed by atoms with E-state index in [0.29, 0.717) is 34.7 Å². The summed E-state index contributed by atoms with van der Waals surface area (Å²) >= 11 is 5.49. The zero-order valence-electron chi connectivity index (χ0n) is 17.1. The van der Waals surface area contributed by atoms with Crippen LogP contribution in [0, 0.1) is 24.6 Å². The molecule has 2 fully saturated rings. The molecular formula is C21H31FN4OS. The van der Waals surface area contributed by atoms with Crippen LogP contribution in [0.15, 0.2) is 18.2 Å². The number of piperidine rings is 1. The Kier molecular flexibility index (Phi) is 6.88. The number of rotatable bonds is 3. The highest BCUT2D eigenvalue weighted by Crippen LogP contribution is 2.21. The maximum absolute atomic E-state index is 13.7. The normalized spacial score (nSPS) is 23.6. The molecule has 0 saturated carbocycles. The van der Waals surface area contributed by atoms with E-state index < -0.39 is 0 Å². The van der Waals surface area contributed by atoms with E-state index in [-0.39, 0.29) is 11.7 Å². The molecule has 0 spiro atoms. The summed E-state index contributed by atoms with van der Waals surface area (Å²) in [5.41, 5.74) is 1.28. The van der Waals surface area contributed by atoms with Gasteiger partial charge in [0.1, 0.15) is 5.82 Å². The first-order chi connectivity index (χ1) is 13.3. The van der Waals surface area contributed by atoms with Gasteiger partial charge in [0.05, 0.1) is 6.54 Å². The minimum atomic E-state index is -0.238. The van der Waals surface area contributed by atoms with Crippen LogP contribution in [0.3, 0.4) is 0 Å². The molecular weight excluding hydrogens is 375 g/mol. The van der Waals surface area contributed by atoms with E-state index in [2.05, 4.69) is 29.0 Å². The first kappa shape index (κ1) is 21.0. The molecule has 2 aliphatic rings. The van der Waals surface area contributed by atoms with E-state index in [0.717, 1.165) is 39.3 Å². The van der Waals surface area contributed by atoms with Gasteiger partial charge in [-0.05, 0) is 55.1 Å². The summed E-state index contributed by atoms with van der Waals surface area (Å²) in [6.45, 7) is 11.6. The van der Waals surface area contributed by atoms with Crippen molar-refractivity contribution in [1.29, 1.82) is 0 Å². The fraction of sp³-hybridized carbons (Fsp3) is 0.619. The van der Waals surface area contributed by atoms with Crippen LogP contribution in [0.1, 0.15) is 25.8 Å². The Balaban J connectivity index is 1.45. The quantitative estimate of drug-likeness (QED) is 0.782. The lowest BCUT2D eigenvalue weighted by molar-refractivity contribution is -0.135. The van der Waals surface area contributed by atoms with E-state index in [1.807, 2.05) is 11.0 Å². The zero-order valence-corrected chi connectivity index (χ0v) is 17.9. The largest absolute Gasteiger partial charge is 0.346 e. The smallest absolute Gasteiger partial charge is 0.236 e. The number of anilines is 1. The van der Waals surface area contributed by atoms with Crippen molar-refractivity contribution in [2.45, 2.75) is 27.2 Å². The first-order valence-corrected chi connectivity index (χ1v) is 10.5. The number of aryl methyl sites for hydroxylation is 1. The Hall–Kier alpha value is -1.73. The molecule has 1 amide bonds. The van der Waals surface area contributed by atoms with Crippen molar-refractivity contribution in [2.75, 3.05) is 51.1 Å². The van der Waals surface area contributed by atoms with Gasteiger partial charge in [-0.3, -0.25) is 9.69 Å². The Labute approximate surface area is 172 Å². The molecule has 0 bridgehead atoms. The average Bonchev–Trinajstić information content (AvgIpc) is 2.64. The van der Waals surface area contributed by atoms with E-state index >= 15 is 0 Å². The van der Waals surface area contributed by atoms with Gasteiger partial charge in [0.2, 0.25) is 5.91 Å². The molecule has 7 heteroatoms. The molecule has 0 aromatic heterocycles. The van der Waals surface area contributed by atoms with E-state index in [4.69, 9.17) is 12.2 Å². The highest BCUT2D eigenvalue weighted by molar-refractivity contribution is 7.80. The van der Waals surface area contributed by atoms with Gasteiger partial charge >= 0.3 is 0 Å². The maximum Gasteiger partial charge on any atom is 0.236 e. The van der Waals surface area contributed by atoms with Crippen LogP contribution in [-0.4, -0.2) is 71.5 Å². The van der Waals surface area contributed by atoms with E-state index in [1.54, 1.807) is 13.0 Å². The fourth-order valence-electron chi connectivity index (χ4n) is 4.14. The van der Waals surface area contributed by atoms with Gasteiger partial charge in [0.15, 0.2) is 5.11 Å². The molecule has 1 aromatic carbocycles. The minimum absolute atomic E-state index is 0.238. The number of piperazine rings is 1. The van der Waals surface area contributed by atoms with Gasteiger partial charge in [-0.2, -0.15) is 0 Å². The molecule has 0 unspecified atom stereocenters. The number of amides is 1. The molecule has 2 saturated heterocycles. The van der Waals surface area contributed by atoms with Crippen LogP contribution >= 0.6 is 12.2 Å². The second-order valence-corrected chi connectivity index (χ2v) is 8.79. The summed E-state index contributed by atoms with van der Waals surface area (Å²) in [6, 6.07) is 5.05. The number of nitrogens with zero attached hydrogens (tertiary/aromatic N) is 3. The first-order valence-electron chi connectivity index (χ1n) is 10.1. The number of thiocarbonyl (C=S) groups is 1. The number of hydrogen-bond acceptors (Lipinski definition) is 3. The molecule has 28 heavy (non-hydrogen) atoms. The summed E-state index contributed by atoms with van der Waals surface area (Å²) in [7, 11) is 0. The molecule has 1 N–H and O–H groups in total. The second-order valence-electron chi connectivity index (χ2n) is 8.40. The second kappa shape index (κ2) is 9.18. The van der Waals surface area contributed by atoms with Gasteiger partial charge in [0, 0.05) is 45.0 Å². The molecule has 5 nitrogen and oxygen atoms in total. The highest BCUT2D eigenvalue weighted by Gasteiger charge is 2.27. The molecule has 1 aromatic rings. The third kappa shape index (κ3) is 5.41. The zero-order chi connectivity index (χ0) is 20.3. The number of hydrogen-bond donors (Lipinski definition) is 1. The van der Waals surface area contributed by atoms with E-state index in [9.17, 15) is 9.18 Å². The van der Waals surface area contributed by atoms with Crippen LogP contribution in [0.25, 0.3) is 0 Å². The Bertz CT molecular complexity index is 710. The topological polar surface area (TPSA) is 38.8 Å². The molecule has 0 radical (unpaired) electrons. The molecule has 3 rings (SSSR count). The van der Waals surface area contributed by atoms with E-state index in [1.165, 1.54) is 12.5 Å². The fourth-order valence-corrected chi connectivity index (χ4v) is 4.44. The third-order valence-electron chi connectivity index (χ3n) is 5.66. The summed E-state index contributed by atoms with van der Waals surface area (Å²) in [6.07, 6.45) is 1.21. The summed E-state index contributed by atoms with van der Waals surface area (Å²) in [5.74, 6) is 1.17. The molecule has 2 heterocycles. The predicted octanol–water partition coefficient (Wildman–Crippen LogP) is 2.95. The van der Waals surface area contributed by atoms with Crippen molar-refractivity contribution in [2.24, 2.45) is 11.8 Å². The van der Waals surface area contributed by atoms with Gasteiger partial charge in [-0.1, -0.05) is 19.9 Å². The molecule has 2 aliphatic heterocycles. The summed E-state index contributed by atoms with van der Waals surface area (Å²) < 4.78 is 13.7. The van der Waals surface area contributed by atoms with Crippen molar-refractivity contribution in [3.8, 4) is 0 Å². The summed E-state index contributed by atoms with van der Waals surface area (Å²) in [4.78, 5) is 19.0. The van der Waals surface area contributed by atoms with Crippen molar-refractivity contribution in [1.82, 2.24) is 14.7 Å². The summed E-state index contributed by atoms with van der Waals surface area (Å²) in [5, 5.41) is 3.72. The van der Waals surface area contributed by atoms with Crippen molar-refractivity contribution < 1.29 is 9.18 Å². The van der Waals surface area contributed by atoms with Gasteiger partial charge in [0.25, 0.3) is 0 Å². The number of benzene rings is 1. The van der Waals surface area contributed by atoms with Crippen molar-refractivity contribution >= 4 is 28.9 Å². The maximum atomic E-state index is 13.7. The van der Waals surface area contributed by atoms with Crippen molar-refractivity contribution in [3.63, 3.8) is 0 Å². The van der Waals surface area contributed by atoms with Gasteiger partial charge in [-0.15, -0.1) is 0 Å². The Morgan fingerprint density at radius 2 is 1.79 bits per heavy atom. The van der Waals surface area contributed by atoms with Crippen molar-refractivity contribution in [3.05, 3.63) is 29.6 Å². The number of halogens is 1. The third-order valence-corrected chi connectivity index (χ3v) is 6.02. The lowest BCUT2D eigenvalue weighted by Crippen LogP contribution is -2.53. The standard InChI is InChI=1S/C21H31FN4OS/c1-15-10-16(2)13-26(12-15)20(27)14-24-6-8-25(9-7-24)21(28)23-18-5-4-17(3)19(22)11-18/h4-5,11,15-16H,6-10,12-14H2,1-3H3,(H,23,28)/t15-,16+. The monoisotopic (exact) mass is 406 g/mol. The predicted molar refractivity (Wildman–Crippen MR) is 115 cm³/mol. The Morgan fingerprint density at radius 3 is 2.39 bits per heavy atom. The lowest BCUT2D eigenvalue weighted by Gasteiger charge is -2.39. The van der Waals surface area contributed by atoms with Crippen LogP contribution in [0.4, 0.5) is 10.1 Å². The van der Waals surface area contributed by atoms with Gasteiger partial charge < -0.3 is 15.1 Å². The Morgan fingerprint density at radius 1 is 1.14 bits per heavy atom. The lowest BCUT2D eigenvalue weighted by atomic mass is 9.92. The van der Waals surface area contributed by atoms with Crippen LogP contribution in [-0.2, 0) is 4.79 Å². The van der Waals surface area contributed by atoms with Gasteiger partial charge in [-0.25, -0.2) is 4.39 Å². The molecule has 154 valence electrons. The SMILES string of the molecule is Cc1ccc(NC(=S)N2CCN(CC(=O)N3C[C@H](C)C[C@H](C)C3)CC2)cc1F. The minimum Gasteiger partial charge on any atom is -0.346 e. The van der Waals surface area contributed by atoms with Crippen LogP contribution in [0.2, 0.25) is 0 Å². The molecule has 0 aliphatic carbocycles. The molecule has 2 atom stereocenters. The number of carbonyl (C=O) groups excluding carboxylic acids is 1. The average molecular weight is 407 g/mol. The van der Waals surface area contributed by atoms with Crippen LogP contribution in [0.5, 0.6) is 0 Å². The number of nitrogens with one attached hydrogen (secondary N) is 1. The number of likely N-dealkylation sites (tertiary alicyclic amines) is 1. The number of carbonyl (C=O) groups is 1. The highest BCUT2D eigenvalue weighted by atomic mass is 32.1.